The molecule has 0 radical (unpaired) electrons. The Morgan fingerprint density at radius 2 is 1.70 bits per heavy atom. The minimum absolute atomic E-state index is 0. The van der Waals surface area contributed by atoms with Crippen molar-refractivity contribution in [2.24, 2.45) is 4.99 Å². The molecule has 4 heteroatoms. The summed E-state index contributed by atoms with van der Waals surface area (Å²) in [5, 5.41) is 6.91. The summed E-state index contributed by atoms with van der Waals surface area (Å²) in [5.74, 6) is 1.52. The number of aliphatic imine (C=N–C) groups is 1. The van der Waals surface area contributed by atoms with Crippen LogP contribution in [0.5, 0.6) is 0 Å². The summed E-state index contributed by atoms with van der Waals surface area (Å²) in [6.07, 6.45) is 2.19. The van der Waals surface area contributed by atoms with Crippen molar-refractivity contribution in [2.75, 3.05) is 13.6 Å². The van der Waals surface area contributed by atoms with E-state index in [1.54, 1.807) is 0 Å². The third-order valence-corrected chi connectivity index (χ3v) is 4.11. The summed E-state index contributed by atoms with van der Waals surface area (Å²) in [6, 6.07) is 21.7. The number of hydrogen-bond acceptors (Lipinski definition) is 1. The van der Waals surface area contributed by atoms with Crippen LogP contribution in [0.3, 0.4) is 0 Å². The maximum Gasteiger partial charge on any atom is 0.191 e. The SMILES string of the molecule is CN=C(NCCc1ccccc1)NC1CC1c1ccccc1.I. The predicted octanol–water partition coefficient (Wildman–Crippen LogP) is 3.57. The van der Waals surface area contributed by atoms with Gasteiger partial charge in [0, 0.05) is 25.6 Å². The topological polar surface area (TPSA) is 36.4 Å². The quantitative estimate of drug-likeness (QED) is 0.440. The van der Waals surface area contributed by atoms with E-state index in [0.717, 1.165) is 18.9 Å². The standard InChI is InChI=1S/C19H23N3.HI/c1-20-19(21-13-12-15-8-4-2-5-9-15)22-18-14-17(18)16-10-6-3-7-11-16;/h2-11,17-18H,12-14H2,1H3,(H2,20,21,22);1H. The van der Waals surface area contributed by atoms with Gasteiger partial charge in [-0.2, -0.15) is 0 Å². The zero-order valence-electron chi connectivity index (χ0n) is 13.4. The molecule has 23 heavy (non-hydrogen) atoms. The molecular weight excluding hydrogens is 397 g/mol. The number of guanidine groups is 1. The molecule has 0 aliphatic heterocycles. The largest absolute Gasteiger partial charge is 0.356 e. The highest BCUT2D eigenvalue weighted by atomic mass is 127. The third-order valence-electron chi connectivity index (χ3n) is 4.11. The lowest BCUT2D eigenvalue weighted by Crippen LogP contribution is -2.39. The second-order valence-electron chi connectivity index (χ2n) is 5.74. The number of hydrogen-bond donors (Lipinski definition) is 2. The molecule has 0 heterocycles. The van der Waals surface area contributed by atoms with Gasteiger partial charge in [0.1, 0.15) is 0 Å². The van der Waals surface area contributed by atoms with Gasteiger partial charge in [-0.25, -0.2) is 0 Å². The normalized spacial score (nSPS) is 19.6. The van der Waals surface area contributed by atoms with Crippen LogP contribution < -0.4 is 10.6 Å². The number of benzene rings is 2. The van der Waals surface area contributed by atoms with Crippen LogP contribution in [0.2, 0.25) is 0 Å². The maximum atomic E-state index is 4.32. The van der Waals surface area contributed by atoms with E-state index in [4.69, 9.17) is 0 Å². The Labute approximate surface area is 155 Å². The Balaban J connectivity index is 0.00000192. The summed E-state index contributed by atoms with van der Waals surface area (Å²) in [6.45, 7) is 0.895. The summed E-state index contributed by atoms with van der Waals surface area (Å²) < 4.78 is 0. The van der Waals surface area contributed by atoms with Crippen molar-refractivity contribution >= 4 is 29.9 Å². The Kier molecular flexibility index (Phi) is 6.89. The van der Waals surface area contributed by atoms with Crippen LogP contribution in [0.4, 0.5) is 0 Å². The second kappa shape index (κ2) is 8.91. The molecule has 0 bridgehead atoms. The highest BCUT2D eigenvalue weighted by molar-refractivity contribution is 14.0. The van der Waals surface area contributed by atoms with E-state index < -0.39 is 0 Å². The van der Waals surface area contributed by atoms with E-state index in [2.05, 4.69) is 70.2 Å². The molecule has 0 amide bonds. The molecule has 1 saturated carbocycles. The monoisotopic (exact) mass is 421 g/mol. The fourth-order valence-electron chi connectivity index (χ4n) is 2.76. The van der Waals surface area contributed by atoms with Crippen LogP contribution in [0.1, 0.15) is 23.5 Å². The fourth-order valence-corrected chi connectivity index (χ4v) is 2.76. The zero-order chi connectivity index (χ0) is 15.2. The molecule has 122 valence electrons. The molecule has 2 unspecified atom stereocenters. The van der Waals surface area contributed by atoms with E-state index in [1.165, 1.54) is 17.5 Å². The van der Waals surface area contributed by atoms with Crippen molar-refractivity contribution < 1.29 is 0 Å². The van der Waals surface area contributed by atoms with Crippen LogP contribution in [0.25, 0.3) is 0 Å². The van der Waals surface area contributed by atoms with E-state index in [1.807, 2.05) is 13.1 Å². The van der Waals surface area contributed by atoms with E-state index in [-0.39, 0.29) is 24.0 Å². The van der Waals surface area contributed by atoms with Crippen molar-refractivity contribution in [1.29, 1.82) is 0 Å². The molecule has 1 fully saturated rings. The molecule has 0 aromatic heterocycles. The van der Waals surface area contributed by atoms with Crippen molar-refractivity contribution in [3.63, 3.8) is 0 Å². The van der Waals surface area contributed by atoms with Crippen LogP contribution >= 0.6 is 24.0 Å². The van der Waals surface area contributed by atoms with Gasteiger partial charge in [-0.3, -0.25) is 4.99 Å². The number of nitrogens with one attached hydrogen (secondary N) is 2. The van der Waals surface area contributed by atoms with Gasteiger partial charge in [0.05, 0.1) is 0 Å². The summed E-state index contributed by atoms with van der Waals surface area (Å²) in [5.41, 5.74) is 2.76. The molecule has 2 N–H and O–H groups in total. The zero-order valence-corrected chi connectivity index (χ0v) is 15.7. The minimum Gasteiger partial charge on any atom is -0.356 e. The molecule has 1 aliphatic carbocycles. The first-order valence-electron chi connectivity index (χ1n) is 7.93. The van der Waals surface area contributed by atoms with Gasteiger partial charge < -0.3 is 10.6 Å². The highest BCUT2D eigenvalue weighted by Crippen LogP contribution is 2.40. The van der Waals surface area contributed by atoms with Gasteiger partial charge in [0.25, 0.3) is 0 Å². The van der Waals surface area contributed by atoms with Crippen LogP contribution in [-0.4, -0.2) is 25.6 Å². The van der Waals surface area contributed by atoms with Crippen LogP contribution in [-0.2, 0) is 6.42 Å². The lowest BCUT2D eigenvalue weighted by molar-refractivity contribution is 0.780. The van der Waals surface area contributed by atoms with E-state index in [9.17, 15) is 0 Å². The highest BCUT2D eigenvalue weighted by Gasteiger charge is 2.38. The average molecular weight is 421 g/mol. The van der Waals surface area contributed by atoms with E-state index in [0.29, 0.717) is 12.0 Å². The lowest BCUT2D eigenvalue weighted by atomic mass is 10.1. The number of nitrogens with zero attached hydrogens (tertiary/aromatic N) is 1. The molecule has 2 aromatic carbocycles. The molecule has 2 atom stereocenters. The Bertz CT molecular complexity index is 613. The molecule has 3 nitrogen and oxygen atoms in total. The van der Waals surface area contributed by atoms with Crippen molar-refractivity contribution in [3.8, 4) is 0 Å². The predicted molar refractivity (Wildman–Crippen MR) is 108 cm³/mol. The van der Waals surface area contributed by atoms with Crippen molar-refractivity contribution in [1.82, 2.24) is 10.6 Å². The Hall–Kier alpha value is -1.56. The van der Waals surface area contributed by atoms with Gasteiger partial charge in [0.15, 0.2) is 5.96 Å². The number of halogens is 1. The minimum atomic E-state index is 0. The maximum absolute atomic E-state index is 4.32. The van der Waals surface area contributed by atoms with Gasteiger partial charge in [-0.1, -0.05) is 60.7 Å². The first kappa shape index (κ1) is 17.8. The van der Waals surface area contributed by atoms with Gasteiger partial charge >= 0.3 is 0 Å². The molecule has 3 rings (SSSR count). The van der Waals surface area contributed by atoms with Gasteiger partial charge in [-0.05, 0) is 24.0 Å². The number of rotatable bonds is 5. The smallest absolute Gasteiger partial charge is 0.191 e. The van der Waals surface area contributed by atoms with E-state index >= 15 is 0 Å². The van der Waals surface area contributed by atoms with Crippen molar-refractivity contribution in [3.05, 3.63) is 71.8 Å². The van der Waals surface area contributed by atoms with Crippen LogP contribution in [0, 0.1) is 0 Å². The second-order valence-corrected chi connectivity index (χ2v) is 5.74. The van der Waals surface area contributed by atoms with Crippen LogP contribution in [0.15, 0.2) is 65.7 Å². The lowest BCUT2D eigenvalue weighted by Gasteiger charge is -2.12. The molecule has 2 aromatic rings. The first-order chi connectivity index (χ1) is 10.9. The molecule has 0 spiro atoms. The molecule has 1 aliphatic rings. The third kappa shape index (κ3) is 5.23. The van der Waals surface area contributed by atoms with Crippen molar-refractivity contribution in [2.45, 2.75) is 24.8 Å². The summed E-state index contributed by atoms with van der Waals surface area (Å²) in [4.78, 5) is 4.32. The Morgan fingerprint density at radius 3 is 2.35 bits per heavy atom. The Morgan fingerprint density at radius 1 is 1.04 bits per heavy atom. The average Bonchev–Trinajstić information content (AvgIpc) is 3.35. The first-order valence-corrected chi connectivity index (χ1v) is 7.93. The summed E-state index contributed by atoms with van der Waals surface area (Å²) in [7, 11) is 1.83. The molecule has 0 saturated heterocycles. The van der Waals surface area contributed by atoms with Gasteiger partial charge in [-0.15, -0.1) is 24.0 Å². The molecular formula is C19H24IN3. The van der Waals surface area contributed by atoms with Gasteiger partial charge in [0.2, 0.25) is 0 Å². The summed E-state index contributed by atoms with van der Waals surface area (Å²) >= 11 is 0. The fraction of sp³-hybridized carbons (Fsp3) is 0.316.